The maximum Gasteiger partial charge on any atom is 0.316 e. The number of carbonyl (C=O) groups is 2. The summed E-state index contributed by atoms with van der Waals surface area (Å²) in [6, 6.07) is 34.6. The Morgan fingerprint density at radius 2 is 1.72 bits per heavy atom. The Morgan fingerprint density at radius 1 is 0.843 bits per heavy atom. The van der Waals surface area contributed by atoms with Gasteiger partial charge in [-0.25, -0.2) is 0 Å². The van der Waals surface area contributed by atoms with E-state index in [0.717, 1.165) is 85.9 Å². The molecule has 13 heteroatoms. The van der Waals surface area contributed by atoms with Crippen molar-refractivity contribution < 1.29 is 49.0 Å². The predicted octanol–water partition coefficient (Wildman–Crippen LogP) is 12.5. The lowest BCUT2D eigenvalue weighted by atomic mass is 9.38. The molecule has 83 heavy (non-hydrogen) atoms. The number of benzene rings is 6. The Morgan fingerprint density at radius 3 is 2.60 bits per heavy atom. The number of esters is 2. The zero-order chi connectivity index (χ0) is 56.7. The third-order valence-corrected chi connectivity index (χ3v) is 23.0. The molecule has 0 saturated heterocycles. The molecule has 6 aromatic carbocycles. The molecular weight excluding hydrogens is 1080 g/mol. The van der Waals surface area contributed by atoms with Gasteiger partial charge >= 0.3 is 11.9 Å². The maximum absolute atomic E-state index is 16.8. The molecule has 6 aliphatic carbocycles. The first-order valence-electron chi connectivity index (χ1n) is 29.9. The zero-order valence-electron chi connectivity index (χ0n) is 47.0. The van der Waals surface area contributed by atoms with Crippen molar-refractivity contribution in [2.45, 2.75) is 120 Å². The molecule has 3 saturated carbocycles. The van der Waals surface area contributed by atoms with Gasteiger partial charge in [-0.05, 0) is 202 Å². The minimum Gasteiger partial charge on any atom is -0.508 e. The van der Waals surface area contributed by atoms with E-state index in [4.69, 9.17) is 18.9 Å². The average Bonchev–Trinajstić information content (AvgIpc) is 2.30. The summed E-state index contributed by atoms with van der Waals surface area (Å²) in [7, 11) is 5.07. The predicted molar refractivity (Wildman–Crippen MR) is 325 cm³/mol. The summed E-state index contributed by atoms with van der Waals surface area (Å²) in [6.07, 6.45) is 5.97. The molecule has 0 radical (unpaired) electrons. The van der Waals surface area contributed by atoms with E-state index >= 15 is 4.79 Å². The quantitative estimate of drug-likeness (QED) is 0.0647. The summed E-state index contributed by atoms with van der Waals surface area (Å²) >= 11 is 0. The van der Waals surface area contributed by atoms with Crippen molar-refractivity contribution in [2.75, 3.05) is 31.8 Å². The Hall–Kier alpha value is -6.56. The van der Waals surface area contributed by atoms with E-state index in [9.17, 15) is 25.2 Å². The van der Waals surface area contributed by atoms with Gasteiger partial charge in [0.15, 0.2) is 23.0 Å². The van der Waals surface area contributed by atoms with Crippen LogP contribution in [-0.2, 0) is 50.3 Å². The van der Waals surface area contributed by atoms with Crippen LogP contribution in [-0.4, -0.2) is 82.4 Å². The number of phenols is 3. The zero-order valence-corrected chi connectivity index (χ0v) is 48.7. The van der Waals surface area contributed by atoms with Crippen LogP contribution in [0.3, 0.4) is 0 Å². The third kappa shape index (κ3) is 9.55. The van der Waals surface area contributed by atoms with Crippen LogP contribution < -0.4 is 14.8 Å². The molecule has 5 N–H and O–H groups in total. The lowest BCUT2D eigenvalue weighted by Crippen LogP contribution is -2.64. The van der Waals surface area contributed by atoms with E-state index in [1.165, 1.54) is 18.1 Å². The summed E-state index contributed by atoms with van der Waals surface area (Å²) < 4.78 is 26.7. The molecule has 14 rings (SSSR count). The maximum atomic E-state index is 16.8. The molecule has 1 spiro atoms. The number of aliphatic hydroxyl groups is 1. The number of aromatic hydroxyl groups is 3. The first kappa shape index (κ1) is 54.4. The fourth-order valence-electron chi connectivity index (χ4n) is 17.3. The second kappa shape index (κ2) is 21.8. The number of fused-ring (bicyclic) bond motifs is 11. The highest BCUT2D eigenvalue weighted by molar-refractivity contribution is 8.76. The summed E-state index contributed by atoms with van der Waals surface area (Å²) in [5, 5.41) is 53.4. The van der Waals surface area contributed by atoms with Gasteiger partial charge in [0.25, 0.3) is 0 Å². The van der Waals surface area contributed by atoms with Crippen molar-refractivity contribution in [1.82, 2.24) is 5.32 Å². The molecule has 428 valence electrons. The highest BCUT2D eigenvalue weighted by atomic mass is 33.1. The van der Waals surface area contributed by atoms with Gasteiger partial charge in [-0.15, -0.1) is 5.92 Å². The standard InChI is InChI=1S/C70H71NO10S2/c1-39(72)80-64-31-52-30-57-55-33-66(62(75)26-47(55)24-58-61(74)34-59-56-32-63(76)65(78-2)27-48(56)25-60(64)70(59,67(57)58)50-16-13-43-10-3-4-11-44(43)22-50)79-18-19-82-83-38-42-20-40-8-5-6-17-71-37-41-9-7-12-45(21-41)54-29-51(73)23-46-14-15-49(28-53(46)54)69(35-40,36-42)68(77)81-52/h3-4,7,9-12,14-15,21-23,26-29,32-33,40,42,52,57-61,64,67,71,73-76H,6,13,16-20,24-25,30-31,34-38H2,1-2H3/t40-,42-,52-,57+,58-,59+,60+,61-,64+,67-,69+,70+/m0/s1. The van der Waals surface area contributed by atoms with Crippen LogP contribution in [0.15, 0.2) is 109 Å². The van der Waals surface area contributed by atoms with Gasteiger partial charge in [-0.2, -0.15) is 0 Å². The van der Waals surface area contributed by atoms with Gasteiger partial charge in [0.2, 0.25) is 0 Å². The Bertz CT molecular complexity index is 3680. The number of aliphatic hydroxyl groups excluding tert-OH is 1. The Balaban J connectivity index is 0.992. The van der Waals surface area contributed by atoms with E-state index < -0.39 is 35.1 Å². The summed E-state index contributed by atoms with van der Waals surface area (Å²) in [4.78, 5) is 30.8. The highest BCUT2D eigenvalue weighted by Crippen LogP contribution is 2.72. The monoisotopic (exact) mass is 1150 g/mol. The second-order valence-electron chi connectivity index (χ2n) is 25.0. The molecule has 2 aliphatic heterocycles. The number of rotatable bonds is 3. The topological polar surface area (TPSA) is 164 Å². The number of allylic oxidation sites excluding steroid dienone is 1. The van der Waals surface area contributed by atoms with Crippen molar-refractivity contribution in [2.24, 2.45) is 35.0 Å². The molecule has 8 aliphatic rings. The Labute approximate surface area is 493 Å². The van der Waals surface area contributed by atoms with Crippen LogP contribution in [0.25, 0.3) is 28.0 Å². The van der Waals surface area contributed by atoms with Crippen molar-refractivity contribution in [3.05, 3.63) is 153 Å². The van der Waals surface area contributed by atoms with Crippen LogP contribution in [0.2, 0.25) is 0 Å². The van der Waals surface area contributed by atoms with Crippen molar-refractivity contribution in [3.8, 4) is 51.7 Å². The van der Waals surface area contributed by atoms with Crippen LogP contribution in [0.1, 0.15) is 115 Å². The average molecular weight is 1150 g/mol. The molecule has 12 atom stereocenters. The second-order valence-corrected chi connectivity index (χ2v) is 27.6. The number of hydrogen-bond acceptors (Lipinski definition) is 13. The SMILES string of the molecule is COc1cc2c(cc1O)[C@H]1C[C@H](O)[C@@H]3Cc4cc(O)c5cc4[C@H]4C[C@@H](C[C@@H](OC(C)=O)[C@@H](C2)[C@]1(C1=Cc2ccccc2CC1)[C@H]34)OC(=O)[C@@]12C[C@@H](C#CCCNCc3cccc(c3)-c3cc(O)cc4ccc1cc34)C[C@H](CSSCCO5)C2. The number of nitrogens with one attached hydrogen (secondary N) is 1. The minimum atomic E-state index is -1.16. The smallest absolute Gasteiger partial charge is 0.316 e. The molecule has 0 aromatic heterocycles. The van der Waals surface area contributed by atoms with Gasteiger partial charge in [0.05, 0.1) is 25.2 Å². The number of phenolic OH excluding ortho intramolecular Hbond substituents is 3. The van der Waals surface area contributed by atoms with Crippen LogP contribution in [0.4, 0.5) is 0 Å². The third-order valence-electron chi connectivity index (χ3n) is 20.4. The molecule has 11 nitrogen and oxygen atoms in total. The molecule has 11 bridgehead atoms. The number of methoxy groups -OCH3 is 1. The molecular formula is C70H71NO10S2. The van der Waals surface area contributed by atoms with Crippen molar-refractivity contribution in [3.63, 3.8) is 0 Å². The van der Waals surface area contributed by atoms with Gasteiger partial charge in [-0.3, -0.25) is 9.59 Å². The number of aryl methyl sites for hydroxylation is 1. The van der Waals surface area contributed by atoms with E-state index in [2.05, 4.69) is 83.9 Å². The molecule has 0 unspecified atom stereocenters. The summed E-state index contributed by atoms with van der Waals surface area (Å²) in [5.74, 6) is 7.23. The summed E-state index contributed by atoms with van der Waals surface area (Å²) in [6.45, 7) is 3.22. The van der Waals surface area contributed by atoms with Crippen LogP contribution in [0.5, 0.6) is 28.7 Å². The van der Waals surface area contributed by atoms with E-state index in [1.807, 2.05) is 36.4 Å². The van der Waals surface area contributed by atoms with Crippen molar-refractivity contribution in [1.29, 1.82) is 0 Å². The first-order chi connectivity index (χ1) is 40.4. The van der Waals surface area contributed by atoms with E-state index in [0.29, 0.717) is 81.9 Å². The molecule has 6 aromatic rings. The lowest BCUT2D eigenvalue weighted by molar-refractivity contribution is -0.181. The number of hydrogen-bond donors (Lipinski definition) is 5. The van der Waals surface area contributed by atoms with Gasteiger partial charge in [-0.1, -0.05) is 93.8 Å². The molecule has 2 heterocycles. The van der Waals surface area contributed by atoms with E-state index in [-0.39, 0.29) is 71.1 Å². The lowest BCUT2D eigenvalue weighted by Gasteiger charge is -2.66. The van der Waals surface area contributed by atoms with Crippen LogP contribution >= 0.6 is 21.6 Å². The fraction of sp³-hybridized carbons (Fsp3) is 0.429. The summed E-state index contributed by atoms with van der Waals surface area (Å²) in [5.41, 5.74) is 9.42. The highest BCUT2D eigenvalue weighted by Gasteiger charge is 2.68. The van der Waals surface area contributed by atoms with Gasteiger partial charge in [0, 0.05) is 61.6 Å². The largest absolute Gasteiger partial charge is 0.508 e. The molecule has 3 fully saturated rings. The van der Waals surface area contributed by atoms with Crippen LogP contribution in [0, 0.1) is 46.8 Å². The first-order valence-corrected chi connectivity index (χ1v) is 32.4. The van der Waals surface area contributed by atoms with Gasteiger partial charge < -0.3 is 44.7 Å². The number of ether oxygens (including phenoxy) is 4. The normalized spacial score (nSPS) is 30.7. The fourth-order valence-corrected chi connectivity index (χ4v) is 19.6. The molecule has 0 amide bonds. The minimum absolute atomic E-state index is 0.0328. The number of carbonyl (C=O) groups excluding carboxylic acids is 2. The van der Waals surface area contributed by atoms with Gasteiger partial charge in [0.1, 0.15) is 18.0 Å². The van der Waals surface area contributed by atoms with E-state index in [1.54, 1.807) is 34.8 Å². The van der Waals surface area contributed by atoms with Crippen molar-refractivity contribution >= 4 is 50.4 Å². The Kier molecular flexibility index (Phi) is 14.3.